The second kappa shape index (κ2) is 4.53. The molecule has 0 aliphatic rings. The fourth-order valence-electron chi connectivity index (χ4n) is 1.35. The standard InChI is InChI=1S/C12H12N2OS/c1-8(12(13)15)16-11-7-6-9-4-2-3-5-10(9)14-11/h2-8H,1H3,(H2,13,15). The topological polar surface area (TPSA) is 56.0 Å². The Morgan fingerprint density at radius 3 is 2.81 bits per heavy atom. The van der Waals surface area contributed by atoms with Crippen LogP contribution in [0.15, 0.2) is 41.4 Å². The van der Waals surface area contributed by atoms with Crippen molar-refractivity contribution in [1.82, 2.24) is 4.98 Å². The number of primary amides is 1. The van der Waals surface area contributed by atoms with E-state index >= 15 is 0 Å². The van der Waals surface area contributed by atoms with Crippen molar-refractivity contribution in [3.05, 3.63) is 36.4 Å². The number of fused-ring (bicyclic) bond motifs is 1. The second-order valence-corrected chi connectivity index (χ2v) is 4.87. The summed E-state index contributed by atoms with van der Waals surface area (Å²) < 4.78 is 0. The Balaban J connectivity index is 2.29. The lowest BCUT2D eigenvalue weighted by Crippen LogP contribution is -2.22. The average molecular weight is 232 g/mol. The van der Waals surface area contributed by atoms with E-state index in [0.717, 1.165) is 15.9 Å². The van der Waals surface area contributed by atoms with Gasteiger partial charge in [0.15, 0.2) is 0 Å². The van der Waals surface area contributed by atoms with Gasteiger partial charge in [0.05, 0.1) is 15.8 Å². The predicted octanol–water partition coefficient (Wildman–Crippen LogP) is 2.20. The van der Waals surface area contributed by atoms with Crippen molar-refractivity contribution in [3.8, 4) is 0 Å². The van der Waals surface area contributed by atoms with Crippen molar-refractivity contribution < 1.29 is 4.79 Å². The maximum Gasteiger partial charge on any atom is 0.230 e. The lowest BCUT2D eigenvalue weighted by molar-refractivity contribution is -0.117. The molecule has 1 unspecified atom stereocenters. The second-order valence-electron chi connectivity index (χ2n) is 3.50. The first-order valence-corrected chi connectivity index (χ1v) is 5.86. The van der Waals surface area contributed by atoms with Crippen molar-refractivity contribution in [2.24, 2.45) is 5.73 Å². The number of benzene rings is 1. The Morgan fingerprint density at radius 2 is 2.06 bits per heavy atom. The van der Waals surface area contributed by atoms with Crippen molar-refractivity contribution in [1.29, 1.82) is 0 Å². The lowest BCUT2D eigenvalue weighted by atomic mass is 10.2. The molecule has 0 bridgehead atoms. The van der Waals surface area contributed by atoms with Crippen LogP contribution >= 0.6 is 11.8 Å². The summed E-state index contributed by atoms with van der Waals surface area (Å²) in [5.74, 6) is -0.319. The van der Waals surface area contributed by atoms with E-state index in [-0.39, 0.29) is 11.2 Å². The number of amides is 1. The molecule has 2 rings (SSSR count). The van der Waals surface area contributed by atoms with Crippen LogP contribution < -0.4 is 5.73 Å². The lowest BCUT2D eigenvalue weighted by Gasteiger charge is -2.06. The van der Waals surface area contributed by atoms with Gasteiger partial charge in [-0.05, 0) is 19.1 Å². The Labute approximate surface area is 98.1 Å². The summed E-state index contributed by atoms with van der Waals surface area (Å²) in [4.78, 5) is 15.4. The number of para-hydroxylation sites is 1. The molecule has 0 aliphatic heterocycles. The number of hydrogen-bond acceptors (Lipinski definition) is 3. The van der Waals surface area contributed by atoms with E-state index in [1.165, 1.54) is 11.8 Å². The van der Waals surface area contributed by atoms with Crippen LogP contribution in [0.3, 0.4) is 0 Å². The van der Waals surface area contributed by atoms with Gasteiger partial charge in [-0.2, -0.15) is 0 Å². The molecule has 1 atom stereocenters. The molecule has 3 nitrogen and oxygen atoms in total. The SMILES string of the molecule is CC(Sc1ccc2ccccc2n1)C(N)=O. The summed E-state index contributed by atoms with van der Waals surface area (Å²) in [6, 6.07) is 11.8. The first-order valence-electron chi connectivity index (χ1n) is 4.98. The summed E-state index contributed by atoms with van der Waals surface area (Å²) in [6.07, 6.45) is 0. The molecule has 1 aromatic carbocycles. The van der Waals surface area contributed by atoms with Crippen LogP contribution in [0.25, 0.3) is 10.9 Å². The molecule has 0 aliphatic carbocycles. The average Bonchev–Trinajstić information content (AvgIpc) is 2.28. The largest absolute Gasteiger partial charge is 0.369 e. The van der Waals surface area contributed by atoms with Crippen molar-refractivity contribution in [3.63, 3.8) is 0 Å². The van der Waals surface area contributed by atoms with E-state index in [2.05, 4.69) is 4.98 Å². The molecule has 2 aromatic rings. The minimum absolute atomic E-state index is 0.256. The highest BCUT2D eigenvalue weighted by Gasteiger charge is 2.11. The fraction of sp³-hybridized carbons (Fsp3) is 0.167. The van der Waals surface area contributed by atoms with Gasteiger partial charge in [-0.1, -0.05) is 36.0 Å². The highest BCUT2D eigenvalue weighted by molar-refractivity contribution is 8.00. The van der Waals surface area contributed by atoms with Gasteiger partial charge in [0.2, 0.25) is 5.91 Å². The van der Waals surface area contributed by atoms with Crippen molar-refractivity contribution >= 4 is 28.6 Å². The van der Waals surface area contributed by atoms with Gasteiger partial charge in [0.25, 0.3) is 0 Å². The smallest absolute Gasteiger partial charge is 0.230 e. The number of carbonyl (C=O) groups excluding carboxylic acids is 1. The van der Waals surface area contributed by atoms with Crippen molar-refractivity contribution in [2.75, 3.05) is 0 Å². The maximum atomic E-state index is 10.9. The van der Waals surface area contributed by atoms with Crippen LogP contribution in [-0.4, -0.2) is 16.1 Å². The van der Waals surface area contributed by atoms with Gasteiger partial charge < -0.3 is 5.73 Å². The monoisotopic (exact) mass is 232 g/mol. The van der Waals surface area contributed by atoms with Crippen molar-refractivity contribution in [2.45, 2.75) is 17.2 Å². The molecule has 0 fully saturated rings. The highest BCUT2D eigenvalue weighted by atomic mass is 32.2. The van der Waals surface area contributed by atoms with Crippen LogP contribution in [0.1, 0.15) is 6.92 Å². The molecular weight excluding hydrogens is 220 g/mol. The Hall–Kier alpha value is -1.55. The summed E-state index contributed by atoms with van der Waals surface area (Å²) in [5.41, 5.74) is 6.14. The molecule has 2 N–H and O–H groups in total. The molecule has 0 spiro atoms. The quantitative estimate of drug-likeness (QED) is 0.825. The van der Waals surface area contributed by atoms with Gasteiger partial charge >= 0.3 is 0 Å². The third kappa shape index (κ3) is 2.33. The zero-order chi connectivity index (χ0) is 11.5. The molecule has 82 valence electrons. The third-order valence-corrected chi connectivity index (χ3v) is 3.33. The normalized spacial score (nSPS) is 12.6. The first-order chi connectivity index (χ1) is 7.66. The number of aromatic nitrogens is 1. The van der Waals surface area contributed by atoms with E-state index in [4.69, 9.17) is 5.73 Å². The molecule has 4 heteroatoms. The molecule has 16 heavy (non-hydrogen) atoms. The first kappa shape index (κ1) is 11.0. The number of nitrogens with two attached hydrogens (primary N) is 1. The van der Waals surface area contributed by atoms with Gasteiger partial charge in [0, 0.05) is 5.39 Å². The minimum Gasteiger partial charge on any atom is -0.369 e. The number of thioether (sulfide) groups is 1. The number of hydrogen-bond donors (Lipinski definition) is 1. The summed E-state index contributed by atoms with van der Waals surface area (Å²) in [6.45, 7) is 1.78. The Morgan fingerprint density at radius 1 is 1.31 bits per heavy atom. The zero-order valence-electron chi connectivity index (χ0n) is 8.88. The maximum absolute atomic E-state index is 10.9. The van der Waals surface area contributed by atoms with E-state index in [0.29, 0.717) is 0 Å². The molecule has 1 amide bonds. The van der Waals surface area contributed by atoms with E-state index in [9.17, 15) is 4.79 Å². The fourth-order valence-corrected chi connectivity index (χ4v) is 2.13. The molecule has 0 saturated heterocycles. The van der Waals surface area contributed by atoms with E-state index < -0.39 is 0 Å². The number of rotatable bonds is 3. The highest BCUT2D eigenvalue weighted by Crippen LogP contribution is 2.23. The van der Waals surface area contributed by atoms with Crippen LogP contribution in [0.5, 0.6) is 0 Å². The molecular formula is C12H12N2OS. The Bertz CT molecular complexity index is 527. The van der Waals surface area contributed by atoms with Crippen LogP contribution in [0.4, 0.5) is 0 Å². The number of nitrogens with zero attached hydrogens (tertiary/aromatic N) is 1. The van der Waals surface area contributed by atoms with Gasteiger partial charge in [-0.25, -0.2) is 4.98 Å². The van der Waals surface area contributed by atoms with Gasteiger partial charge in [-0.15, -0.1) is 0 Å². The van der Waals surface area contributed by atoms with Crippen LogP contribution in [0.2, 0.25) is 0 Å². The molecule has 0 saturated carbocycles. The van der Waals surface area contributed by atoms with E-state index in [1.54, 1.807) is 6.92 Å². The molecule has 1 heterocycles. The summed E-state index contributed by atoms with van der Waals surface area (Å²) in [7, 11) is 0. The molecule has 0 radical (unpaired) electrons. The Kier molecular flexibility index (Phi) is 3.10. The number of pyridine rings is 1. The summed E-state index contributed by atoms with van der Waals surface area (Å²) in [5, 5.41) is 1.66. The van der Waals surface area contributed by atoms with E-state index in [1.807, 2.05) is 36.4 Å². The number of carbonyl (C=O) groups is 1. The molecule has 1 aromatic heterocycles. The third-order valence-electron chi connectivity index (χ3n) is 2.27. The van der Waals surface area contributed by atoms with Gasteiger partial charge in [-0.3, -0.25) is 4.79 Å². The summed E-state index contributed by atoms with van der Waals surface area (Å²) >= 11 is 1.38. The predicted molar refractivity (Wildman–Crippen MR) is 66.3 cm³/mol. The van der Waals surface area contributed by atoms with Crippen LogP contribution in [0, 0.1) is 0 Å². The van der Waals surface area contributed by atoms with Gasteiger partial charge in [0.1, 0.15) is 0 Å². The zero-order valence-corrected chi connectivity index (χ0v) is 9.70. The van der Waals surface area contributed by atoms with Crippen LogP contribution in [-0.2, 0) is 4.79 Å². The minimum atomic E-state index is -0.319.